The Morgan fingerprint density at radius 3 is 2.87 bits per heavy atom. The van der Waals surface area contributed by atoms with Crippen molar-refractivity contribution >= 4 is 15.9 Å². The molecule has 0 spiro atoms. The van der Waals surface area contributed by atoms with Crippen LogP contribution in [0, 0.1) is 5.92 Å². The first kappa shape index (κ1) is 13.5. The van der Waals surface area contributed by atoms with Crippen LogP contribution in [0.5, 0.6) is 0 Å². The van der Waals surface area contributed by atoms with Crippen molar-refractivity contribution in [2.24, 2.45) is 5.92 Å². The monoisotopic (exact) mass is 277 g/mol. The molecule has 2 nitrogen and oxygen atoms in total. The topological polar surface area (TPSA) is 23.5 Å². The van der Waals surface area contributed by atoms with E-state index in [1.165, 1.54) is 38.8 Å². The van der Waals surface area contributed by atoms with E-state index in [0.717, 1.165) is 17.7 Å². The van der Waals surface area contributed by atoms with Gasteiger partial charge in [-0.2, -0.15) is 0 Å². The molecule has 0 saturated carbocycles. The van der Waals surface area contributed by atoms with E-state index in [4.69, 9.17) is 5.11 Å². The molecule has 0 bridgehead atoms. The molecule has 1 rings (SSSR count). The molecule has 0 aromatic heterocycles. The summed E-state index contributed by atoms with van der Waals surface area (Å²) >= 11 is 3.59. The predicted molar refractivity (Wildman–Crippen MR) is 68.5 cm³/mol. The first-order chi connectivity index (χ1) is 7.31. The molecule has 2 unspecified atom stereocenters. The molecule has 90 valence electrons. The van der Waals surface area contributed by atoms with Gasteiger partial charge in [0.2, 0.25) is 0 Å². The van der Waals surface area contributed by atoms with Crippen LogP contribution in [0.3, 0.4) is 0 Å². The summed E-state index contributed by atoms with van der Waals surface area (Å²) in [5.74, 6) is 0.768. The number of nitrogens with zero attached hydrogens (tertiary/aromatic N) is 1. The van der Waals surface area contributed by atoms with Crippen LogP contribution in [0.15, 0.2) is 0 Å². The van der Waals surface area contributed by atoms with E-state index >= 15 is 0 Å². The van der Waals surface area contributed by atoms with Gasteiger partial charge in [-0.1, -0.05) is 35.7 Å². The molecular formula is C12H24BrNO. The van der Waals surface area contributed by atoms with Crippen molar-refractivity contribution in [3.8, 4) is 0 Å². The van der Waals surface area contributed by atoms with Gasteiger partial charge in [-0.15, -0.1) is 0 Å². The molecule has 15 heavy (non-hydrogen) atoms. The molecule has 1 aliphatic heterocycles. The number of hydrogen-bond donors (Lipinski definition) is 1. The minimum atomic E-state index is 0.340. The second-order valence-electron chi connectivity index (χ2n) is 4.59. The maximum Gasteiger partial charge on any atom is 0.0445 e. The minimum Gasteiger partial charge on any atom is -0.396 e. The van der Waals surface area contributed by atoms with Gasteiger partial charge in [0, 0.05) is 24.5 Å². The van der Waals surface area contributed by atoms with Gasteiger partial charge in [0.25, 0.3) is 0 Å². The Kier molecular flexibility index (Phi) is 6.86. The summed E-state index contributed by atoms with van der Waals surface area (Å²) in [4.78, 5) is 2.59. The number of piperidine rings is 1. The smallest absolute Gasteiger partial charge is 0.0445 e. The van der Waals surface area contributed by atoms with Crippen molar-refractivity contribution in [2.45, 2.75) is 45.1 Å². The van der Waals surface area contributed by atoms with Crippen LogP contribution in [0.4, 0.5) is 0 Å². The van der Waals surface area contributed by atoms with Crippen LogP contribution in [-0.4, -0.2) is 41.1 Å². The van der Waals surface area contributed by atoms with Gasteiger partial charge in [0.1, 0.15) is 0 Å². The normalized spacial score (nSPS) is 25.4. The number of hydrogen-bond acceptors (Lipinski definition) is 2. The van der Waals surface area contributed by atoms with Gasteiger partial charge >= 0.3 is 0 Å². The Labute approximate surface area is 102 Å². The second-order valence-corrected chi connectivity index (χ2v) is 5.23. The van der Waals surface area contributed by atoms with E-state index in [2.05, 4.69) is 27.8 Å². The van der Waals surface area contributed by atoms with Crippen molar-refractivity contribution in [3.05, 3.63) is 0 Å². The van der Waals surface area contributed by atoms with Gasteiger partial charge in [-0.25, -0.2) is 0 Å². The van der Waals surface area contributed by atoms with E-state index in [0.29, 0.717) is 12.6 Å². The summed E-state index contributed by atoms with van der Waals surface area (Å²) in [6.45, 7) is 5.03. The number of rotatable bonds is 6. The summed E-state index contributed by atoms with van der Waals surface area (Å²) in [5, 5.41) is 10.2. The number of alkyl halides is 1. The lowest BCUT2D eigenvalue weighted by Gasteiger charge is -2.37. The van der Waals surface area contributed by atoms with Gasteiger partial charge in [-0.3, -0.25) is 4.90 Å². The Hall–Kier alpha value is 0.400. The standard InChI is InChI=1S/C12H24BrNO/c1-2-11(9-13)10-14-7-4-3-5-12(14)6-8-15/h11-12,15H,2-10H2,1H3. The molecule has 1 aliphatic rings. The number of likely N-dealkylation sites (tertiary alicyclic amines) is 1. The number of halogens is 1. The maximum atomic E-state index is 9.05. The third kappa shape index (κ3) is 4.41. The lowest BCUT2D eigenvalue weighted by Crippen LogP contribution is -2.43. The van der Waals surface area contributed by atoms with Crippen LogP contribution in [0.1, 0.15) is 39.0 Å². The summed E-state index contributed by atoms with van der Waals surface area (Å²) in [7, 11) is 0. The van der Waals surface area contributed by atoms with E-state index < -0.39 is 0 Å². The van der Waals surface area contributed by atoms with Crippen LogP contribution in [0.2, 0.25) is 0 Å². The van der Waals surface area contributed by atoms with Crippen LogP contribution < -0.4 is 0 Å². The number of aliphatic hydroxyl groups excluding tert-OH is 1. The van der Waals surface area contributed by atoms with E-state index in [1.54, 1.807) is 0 Å². The molecule has 0 aliphatic carbocycles. The molecule has 0 amide bonds. The zero-order chi connectivity index (χ0) is 11.1. The highest BCUT2D eigenvalue weighted by Gasteiger charge is 2.23. The van der Waals surface area contributed by atoms with E-state index in [9.17, 15) is 0 Å². The zero-order valence-electron chi connectivity index (χ0n) is 9.79. The molecule has 0 aromatic carbocycles. The fraction of sp³-hybridized carbons (Fsp3) is 1.00. The zero-order valence-corrected chi connectivity index (χ0v) is 11.4. The molecule has 1 N–H and O–H groups in total. The largest absolute Gasteiger partial charge is 0.396 e. The van der Waals surface area contributed by atoms with Gasteiger partial charge < -0.3 is 5.11 Å². The molecule has 2 atom stereocenters. The number of aliphatic hydroxyl groups is 1. The molecule has 1 saturated heterocycles. The quantitative estimate of drug-likeness (QED) is 0.755. The summed E-state index contributed by atoms with van der Waals surface area (Å²) in [5.41, 5.74) is 0. The summed E-state index contributed by atoms with van der Waals surface area (Å²) in [6.07, 6.45) is 6.15. The Bertz CT molecular complexity index is 160. The lowest BCUT2D eigenvalue weighted by atomic mass is 9.97. The highest BCUT2D eigenvalue weighted by molar-refractivity contribution is 9.09. The van der Waals surface area contributed by atoms with Crippen molar-refractivity contribution < 1.29 is 5.11 Å². The first-order valence-corrected chi connectivity index (χ1v) is 7.34. The third-order valence-corrected chi connectivity index (χ3v) is 4.42. The molecular weight excluding hydrogens is 254 g/mol. The average molecular weight is 278 g/mol. The molecule has 0 aromatic rings. The van der Waals surface area contributed by atoms with Crippen molar-refractivity contribution in [1.82, 2.24) is 4.90 Å². The maximum absolute atomic E-state index is 9.05. The predicted octanol–water partition coefficient (Wildman–Crippen LogP) is 2.64. The van der Waals surface area contributed by atoms with Gasteiger partial charge in [0.15, 0.2) is 0 Å². The minimum absolute atomic E-state index is 0.340. The Morgan fingerprint density at radius 1 is 1.47 bits per heavy atom. The molecule has 3 heteroatoms. The second kappa shape index (κ2) is 7.64. The van der Waals surface area contributed by atoms with Crippen LogP contribution in [-0.2, 0) is 0 Å². The molecule has 1 heterocycles. The Balaban J connectivity index is 2.40. The van der Waals surface area contributed by atoms with E-state index in [1.807, 2.05) is 0 Å². The van der Waals surface area contributed by atoms with Crippen LogP contribution >= 0.6 is 15.9 Å². The lowest BCUT2D eigenvalue weighted by molar-refractivity contribution is 0.104. The SMILES string of the molecule is CCC(CBr)CN1CCCCC1CCO. The third-order valence-electron chi connectivity index (χ3n) is 3.50. The van der Waals surface area contributed by atoms with Crippen molar-refractivity contribution in [1.29, 1.82) is 0 Å². The van der Waals surface area contributed by atoms with Gasteiger partial charge in [-0.05, 0) is 31.7 Å². The Morgan fingerprint density at radius 2 is 2.27 bits per heavy atom. The van der Waals surface area contributed by atoms with E-state index in [-0.39, 0.29) is 0 Å². The first-order valence-electron chi connectivity index (χ1n) is 6.22. The summed E-state index contributed by atoms with van der Waals surface area (Å²) in [6, 6.07) is 0.636. The van der Waals surface area contributed by atoms with Crippen LogP contribution in [0.25, 0.3) is 0 Å². The van der Waals surface area contributed by atoms with Crippen molar-refractivity contribution in [3.63, 3.8) is 0 Å². The average Bonchev–Trinajstić information content (AvgIpc) is 2.28. The van der Waals surface area contributed by atoms with Gasteiger partial charge in [0.05, 0.1) is 0 Å². The highest BCUT2D eigenvalue weighted by Crippen LogP contribution is 2.22. The summed E-state index contributed by atoms with van der Waals surface area (Å²) < 4.78 is 0. The fourth-order valence-electron chi connectivity index (χ4n) is 2.39. The van der Waals surface area contributed by atoms with Crippen molar-refractivity contribution in [2.75, 3.05) is 25.0 Å². The molecule has 1 fully saturated rings. The fourth-order valence-corrected chi connectivity index (χ4v) is 3.06. The molecule has 0 radical (unpaired) electrons. The highest BCUT2D eigenvalue weighted by atomic mass is 79.9.